The van der Waals surface area contributed by atoms with E-state index in [-0.39, 0.29) is 5.56 Å². The van der Waals surface area contributed by atoms with Crippen LogP contribution in [-0.2, 0) is 4.79 Å². The molecule has 0 aliphatic carbocycles. The Labute approximate surface area is 98.7 Å². The van der Waals surface area contributed by atoms with Gasteiger partial charge in [-0.2, -0.15) is 0 Å². The van der Waals surface area contributed by atoms with Gasteiger partial charge in [-0.15, -0.1) is 0 Å². The summed E-state index contributed by atoms with van der Waals surface area (Å²) in [5, 5.41) is 8.86. The van der Waals surface area contributed by atoms with Crippen LogP contribution in [0.4, 0.5) is 8.78 Å². The second-order valence-corrected chi connectivity index (χ2v) is 3.99. The third kappa shape index (κ3) is 2.79. The SMILES string of the molecule is CC(C(=O)O)N(C)C(C)c1c(F)cccc1F. The lowest BCUT2D eigenvalue weighted by atomic mass is 10.0. The Kier molecular flexibility index (Phi) is 4.17. The first-order valence-electron chi connectivity index (χ1n) is 5.25. The molecule has 0 amide bonds. The van der Waals surface area contributed by atoms with E-state index in [1.807, 2.05) is 0 Å². The minimum absolute atomic E-state index is 0.108. The minimum Gasteiger partial charge on any atom is -0.480 e. The highest BCUT2D eigenvalue weighted by Gasteiger charge is 2.26. The van der Waals surface area contributed by atoms with Gasteiger partial charge in [-0.3, -0.25) is 9.69 Å². The topological polar surface area (TPSA) is 40.5 Å². The van der Waals surface area contributed by atoms with Gasteiger partial charge in [0, 0.05) is 11.6 Å². The van der Waals surface area contributed by atoms with E-state index in [0.29, 0.717) is 0 Å². The Balaban J connectivity index is 3.04. The molecule has 1 rings (SSSR count). The highest BCUT2D eigenvalue weighted by molar-refractivity contribution is 5.72. The number of halogens is 2. The summed E-state index contributed by atoms with van der Waals surface area (Å²) in [5.74, 6) is -2.36. The standard InChI is InChI=1S/C12H15F2NO2/c1-7(15(3)8(2)12(16)17)11-9(13)5-4-6-10(11)14/h4-8H,1-3H3,(H,16,17). The van der Waals surface area contributed by atoms with Crippen LogP contribution in [0.1, 0.15) is 25.5 Å². The fourth-order valence-electron chi connectivity index (χ4n) is 1.62. The zero-order valence-corrected chi connectivity index (χ0v) is 9.95. The molecule has 0 fully saturated rings. The molecule has 0 aliphatic heterocycles. The fraction of sp³-hybridized carbons (Fsp3) is 0.417. The molecular weight excluding hydrogens is 228 g/mol. The minimum atomic E-state index is -1.03. The van der Waals surface area contributed by atoms with Gasteiger partial charge in [-0.25, -0.2) is 8.78 Å². The maximum Gasteiger partial charge on any atom is 0.320 e. The van der Waals surface area contributed by atoms with Crippen molar-refractivity contribution in [3.63, 3.8) is 0 Å². The first-order valence-corrected chi connectivity index (χ1v) is 5.25. The van der Waals surface area contributed by atoms with Crippen molar-refractivity contribution in [2.24, 2.45) is 0 Å². The molecule has 0 spiro atoms. The molecular formula is C12H15F2NO2. The van der Waals surface area contributed by atoms with Gasteiger partial charge in [0.1, 0.15) is 17.7 Å². The Morgan fingerprint density at radius 2 is 1.76 bits per heavy atom. The average molecular weight is 243 g/mol. The van der Waals surface area contributed by atoms with Crippen LogP contribution < -0.4 is 0 Å². The van der Waals surface area contributed by atoms with Crippen molar-refractivity contribution in [3.8, 4) is 0 Å². The predicted molar refractivity (Wildman–Crippen MR) is 59.6 cm³/mol. The lowest BCUT2D eigenvalue weighted by Crippen LogP contribution is -2.38. The predicted octanol–water partition coefficient (Wildman–Crippen LogP) is 2.43. The third-order valence-corrected chi connectivity index (χ3v) is 3.00. The molecule has 94 valence electrons. The van der Waals surface area contributed by atoms with Crippen molar-refractivity contribution in [1.29, 1.82) is 0 Å². The summed E-state index contributed by atoms with van der Waals surface area (Å²) in [6, 6.07) is 2.13. The number of carbonyl (C=O) groups is 1. The Morgan fingerprint density at radius 3 is 2.18 bits per heavy atom. The number of carboxylic acids is 1. The number of hydrogen-bond donors (Lipinski definition) is 1. The zero-order chi connectivity index (χ0) is 13.2. The number of hydrogen-bond acceptors (Lipinski definition) is 2. The van der Waals surface area contributed by atoms with E-state index in [1.165, 1.54) is 24.9 Å². The molecule has 1 aromatic rings. The monoisotopic (exact) mass is 243 g/mol. The Morgan fingerprint density at radius 1 is 1.29 bits per heavy atom. The summed E-state index contributed by atoms with van der Waals surface area (Å²) in [7, 11) is 1.52. The van der Waals surface area contributed by atoms with Gasteiger partial charge < -0.3 is 5.11 Å². The van der Waals surface area contributed by atoms with E-state index in [2.05, 4.69) is 0 Å². The summed E-state index contributed by atoms with van der Waals surface area (Å²) in [4.78, 5) is 12.2. The molecule has 5 heteroatoms. The van der Waals surface area contributed by atoms with Crippen LogP contribution in [0.15, 0.2) is 18.2 Å². The zero-order valence-electron chi connectivity index (χ0n) is 9.95. The number of nitrogens with zero attached hydrogens (tertiary/aromatic N) is 1. The van der Waals surface area contributed by atoms with Crippen molar-refractivity contribution in [3.05, 3.63) is 35.4 Å². The number of rotatable bonds is 4. The first kappa shape index (κ1) is 13.6. The second kappa shape index (κ2) is 5.23. The van der Waals surface area contributed by atoms with Crippen molar-refractivity contribution in [1.82, 2.24) is 4.90 Å². The summed E-state index contributed by atoms with van der Waals surface area (Å²) < 4.78 is 27.0. The molecule has 0 radical (unpaired) electrons. The molecule has 0 saturated carbocycles. The molecule has 1 aromatic carbocycles. The fourth-order valence-corrected chi connectivity index (χ4v) is 1.62. The van der Waals surface area contributed by atoms with Crippen LogP contribution in [0.3, 0.4) is 0 Å². The molecule has 0 bridgehead atoms. The van der Waals surface area contributed by atoms with Crippen molar-refractivity contribution >= 4 is 5.97 Å². The van der Waals surface area contributed by atoms with Gasteiger partial charge in [0.2, 0.25) is 0 Å². The Hall–Kier alpha value is -1.49. The van der Waals surface area contributed by atoms with Crippen LogP contribution in [0.25, 0.3) is 0 Å². The van der Waals surface area contributed by atoms with Crippen LogP contribution >= 0.6 is 0 Å². The van der Waals surface area contributed by atoms with Gasteiger partial charge in [-0.1, -0.05) is 6.07 Å². The smallest absolute Gasteiger partial charge is 0.320 e. The van der Waals surface area contributed by atoms with Gasteiger partial charge in [0.15, 0.2) is 0 Å². The van der Waals surface area contributed by atoms with E-state index < -0.39 is 29.7 Å². The summed E-state index contributed by atoms with van der Waals surface area (Å²) in [6.45, 7) is 3.04. The normalized spacial score (nSPS) is 14.7. The number of carboxylic acid groups (broad SMARTS) is 1. The number of likely N-dealkylation sites (N-methyl/N-ethyl adjacent to an activating group) is 1. The van der Waals surface area contributed by atoms with Crippen LogP contribution in [0.5, 0.6) is 0 Å². The van der Waals surface area contributed by atoms with Crippen molar-refractivity contribution in [2.75, 3.05) is 7.05 Å². The van der Waals surface area contributed by atoms with Crippen molar-refractivity contribution < 1.29 is 18.7 Å². The average Bonchev–Trinajstić information content (AvgIpc) is 2.26. The van der Waals surface area contributed by atoms with E-state index in [1.54, 1.807) is 6.92 Å². The number of aliphatic carboxylic acids is 1. The molecule has 0 saturated heterocycles. The van der Waals surface area contributed by atoms with E-state index in [4.69, 9.17) is 5.11 Å². The molecule has 17 heavy (non-hydrogen) atoms. The maximum absolute atomic E-state index is 13.5. The Bertz CT molecular complexity index is 403. The van der Waals surface area contributed by atoms with Gasteiger partial charge >= 0.3 is 5.97 Å². The molecule has 0 aliphatic rings. The van der Waals surface area contributed by atoms with E-state index in [0.717, 1.165) is 12.1 Å². The van der Waals surface area contributed by atoms with Gasteiger partial charge in [0.25, 0.3) is 0 Å². The molecule has 0 aromatic heterocycles. The van der Waals surface area contributed by atoms with Gasteiger partial charge in [-0.05, 0) is 33.0 Å². The van der Waals surface area contributed by atoms with Crippen molar-refractivity contribution in [2.45, 2.75) is 25.9 Å². The van der Waals surface area contributed by atoms with E-state index in [9.17, 15) is 13.6 Å². The quantitative estimate of drug-likeness (QED) is 0.883. The maximum atomic E-state index is 13.5. The van der Waals surface area contributed by atoms with Gasteiger partial charge in [0.05, 0.1) is 0 Å². The number of benzene rings is 1. The molecule has 2 unspecified atom stereocenters. The first-order chi connectivity index (χ1) is 7.86. The molecule has 0 heterocycles. The third-order valence-electron chi connectivity index (χ3n) is 3.00. The largest absolute Gasteiger partial charge is 0.480 e. The summed E-state index contributed by atoms with van der Waals surface area (Å²) in [5.41, 5.74) is -0.108. The molecule has 3 nitrogen and oxygen atoms in total. The molecule has 2 atom stereocenters. The van der Waals surface area contributed by atoms with Crippen LogP contribution in [-0.4, -0.2) is 29.1 Å². The lowest BCUT2D eigenvalue weighted by molar-refractivity contribution is -0.142. The highest BCUT2D eigenvalue weighted by atomic mass is 19.1. The van der Waals surface area contributed by atoms with Crippen LogP contribution in [0, 0.1) is 11.6 Å². The van der Waals surface area contributed by atoms with Crippen LogP contribution in [0.2, 0.25) is 0 Å². The summed E-state index contributed by atoms with van der Waals surface area (Å²) in [6.07, 6.45) is 0. The second-order valence-electron chi connectivity index (χ2n) is 3.99. The summed E-state index contributed by atoms with van der Waals surface area (Å²) >= 11 is 0. The highest BCUT2D eigenvalue weighted by Crippen LogP contribution is 2.25. The molecule has 1 N–H and O–H groups in total. The lowest BCUT2D eigenvalue weighted by Gasteiger charge is -2.28. The van der Waals surface area contributed by atoms with E-state index >= 15 is 0 Å².